The molecule has 0 fully saturated rings. The van der Waals surface area contributed by atoms with Gasteiger partial charge in [-0.1, -0.05) is 0 Å². The predicted molar refractivity (Wildman–Crippen MR) is 49.9 cm³/mol. The van der Waals surface area contributed by atoms with Gasteiger partial charge in [-0.3, -0.25) is 0 Å². The second-order valence-electron chi connectivity index (χ2n) is 3.99. The molecule has 0 saturated carbocycles. The van der Waals surface area contributed by atoms with Gasteiger partial charge in [0.25, 0.3) is 0 Å². The Kier molecular flexibility index (Phi) is 6.66. The minimum atomic E-state index is -0.666. The SMILES string of the molecule is CCC[CH2][Ti]([CH](C)C)[CH](C)C. The van der Waals surface area contributed by atoms with Crippen molar-refractivity contribution in [1.29, 1.82) is 0 Å². The molecule has 0 aliphatic carbocycles. The Morgan fingerprint density at radius 1 is 1.00 bits per heavy atom. The molecule has 0 aromatic carbocycles. The van der Waals surface area contributed by atoms with E-state index in [1.807, 2.05) is 0 Å². The first kappa shape index (κ1) is 11.7. The monoisotopic (exact) mass is 191 g/mol. The molecule has 0 nitrogen and oxygen atoms in total. The summed E-state index contributed by atoms with van der Waals surface area (Å²) in [6.45, 7) is 12.0. The molecule has 0 amide bonds. The molecular formula is C10H23Ti. The summed E-state index contributed by atoms with van der Waals surface area (Å²) in [6.07, 6.45) is 2.86. The molecule has 0 saturated heterocycles. The van der Waals surface area contributed by atoms with E-state index in [4.69, 9.17) is 0 Å². The van der Waals surface area contributed by atoms with Crippen molar-refractivity contribution in [2.24, 2.45) is 0 Å². The van der Waals surface area contributed by atoms with Gasteiger partial charge in [-0.05, 0) is 0 Å². The van der Waals surface area contributed by atoms with Gasteiger partial charge in [-0.15, -0.1) is 0 Å². The average Bonchev–Trinajstić information content (AvgIpc) is 1.87. The third-order valence-electron chi connectivity index (χ3n) is 2.30. The van der Waals surface area contributed by atoms with Gasteiger partial charge >= 0.3 is 78.5 Å². The summed E-state index contributed by atoms with van der Waals surface area (Å²) < 4.78 is 3.65. The van der Waals surface area contributed by atoms with E-state index in [1.165, 1.54) is 12.8 Å². The molecule has 0 aromatic rings. The number of rotatable bonds is 5. The van der Waals surface area contributed by atoms with Crippen LogP contribution < -0.4 is 0 Å². The first-order valence-electron chi connectivity index (χ1n) is 4.95. The Morgan fingerprint density at radius 2 is 1.45 bits per heavy atom. The van der Waals surface area contributed by atoms with Crippen LogP contribution in [0.3, 0.4) is 0 Å². The topological polar surface area (TPSA) is 0 Å². The van der Waals surface area contributed by atoms with Crippen molar-refractivity contribution in [1.82, 2.24) is 0 Å². The zero-order valence-electron chi connectivity index (χ0n) is 8.78. The average molecular weight is 191 g/mol. The Labute approximate surface area is 78.6 Å². The van der Waals surface area contributed by atoms with Crippen LogP contribution in [0.4, 0.5) is 0 Å². The van der Waals surface area contributed by atoms with E-state index >= 15 is 0 Å². The Hall–Kier alpha value is 0.714. The molecule has 0 aliphatic rings. The van der Waals surface area contributed by atoms with Crippen molar-refractivity contribution in [3.05, 3.63) is 0 Å². The standard InChI is InChI=1S/C4H9.2C3H7.Ti/c1-3-4-2;2*1-3-2;/h1,3-4H2,2H3;2*3H,1-2H3;. The van der Waals surface area contributed by atoms with Gasteiger partial charge in [0.1, 0.15) is 0 Å². The molecule has 0 spiro atoms. The van der Waals surface area contributed by atoms with Gasteiger partial charge in [0.15, 0.2) is 0 Å². The molecule has 0 heterocycles. The third kappa shape index (κ3) is 5.03. The van der Waals surface area contributed by atoms with E-state index in [2.05, 4.69) is 34.6 Å². The number of hydrogen-bond donors (Lipinski definition) is 0. The summed E-state index contributed by atoms with van der Waals surface area (Å²) in [7, 11) is 0. The van der Waals surface area contributed by atoms with Crippen molar-refractivity contribution < 1.29 is 17.9 Å². The van der Waals surface area contributed by atoms with Crippen LogP contribution in [-0.4, -0.2) is 0 Å². The molecule has 0 aliphatic heterocycles. The molecular weight excluding hydrogens is 168 g/mol. The summed E-state index contributed by atoms with van der Waals surface area (Å²) in [5.74, 6) is 0. The fourth-order valence-electron chi connectivity index (χ4n) is 1.62. The van der Waals surface area contributed by atoms with Crippen molar-refractivity contribution in [2.45, 2.75) is 60.6 Å². The molecule has 0 radical (unpaired) electrons. The van der Waals surface area contributed by atoms with Gasteiger partial charge in [-0.2, -0.15) is 0 Å². The summed E-state index contributed by atoms with van der Waals surface area (Å²) in [5.41, 5.74) is 0. The van der Waals surface area contributed by atoms with Crippen molar-refractivity contribution >= 4 is 0 Å². The van der Waals surface area contributed by atoms with Crippen molar-refractivity contribution in [3.63, 3.8) is 0 Å². The van der Waals surface area contributed by atoms with Crippen LogP contribution >= 0.6 is 0 Å². The molecule has 0 atom stereocenters. The number of hydrogen-bond acceptors (Lipinski definition) is 0. The molecule has 0 rings (SSSR count). The molecule has 67 valence electrons. The Bertz CT molecular complexity index is 78.9. The van der Waals surface area contributed by atoms with Crippen molar-refractivity contribution in [3.8, 4) is 0 Å². The Morgan fingerprint density at radius 3 is 1.73 bits per heavy atom. The molecule has 0 unspecified atom stereocenters. The molecule has 0 bridgehead atoms. The van der Waals surface area contributed by atoms with E-state index in [0.29, 0.717) is 0 Å². The quantitative estimate of drug-likeness (QED) is 0.562. The van der Waals surface area contributed by atoms with Crippen LogP contribution in [0.1, 0.15) is 47.5 Å². The zero-order chi connectivity index (χ0) is 8.85. The second kappa shape index (κ2) is 6.25. The van der Waals surface area contributed by atoms with Gasteiger partial charge in [0.2, 0.25) is 0 Å². The van der Waals surface area contributed by atoms with Crippen LogP contribution in [0.15, 0.2) is 0 Å². The molecule has 0 aromatic heterocycles. The van der Waals surface area contributed by atoms with E-state index in [0.717, 1.165) is 8.45 Å². The second-order valence-corrected chi connectivity index (χ2v) is 10.2. The molecule has 0 N–H and O–H groups in total. The maximum absolute atomic E-state index is 2.42. The van der Waals surface area contributed by atoms with Crippen LogP contribution in [0.25, 0.3) is 0 Å². The van der Waals surface area contributed by atoms with Gasteiger partial charge in [0.05, 0.1) is 0 Å². The summed E-state index contributed by atoms with van der Waals surface area (Å²) in [6, 6.07) is 0. The van der Waals surface area contributed by atoms with Crippen LogP contribution in [0.2, 0.25) is 13.2 Å². The fraction of sp³-hybridized carbons (Fsp3) is 1.00. The Balaban J connectivity index is 3.70. The zero-order valence-corrected chi connectivity index (χ0v) is 10.3. The van der Waals surface area contributed by atoms with Gasteiger partial charge in [-0.25, -0.2) is 0 Å². The van der Waals surface area contributed by atoms with Gasteiger partial charge in [0, 0.05) is 0 Å². The number of unbranched alkanes of at least 4 members (excludes halogenated alkanes) is 1. The molecule has 11 heavy (non-hydrogen) atoms. The first-order valence-corrected chi connectivity index (χ1v) is 7.85. The minimum absolute atomic E-state index is 0.666. The van der Waals surface area contributed by atoms with E-state index in [-0.39, 0.29) is 0 Å². The van der Waals surface area contributed by atoms with Crippen molar-refractivity contribution in [2.75, 3.05) is 0 Å². The summed E-state index contributed by atoms with van der Waals surface area (Å²) in [4.78, 5) is 0. The van der Waals surface area contributed by atoms with Crippen LogP contribution in [0.5, 0.6) is 0 Å². The van der Waals surface area contributed by atoms with Crippen LogP contribution in [-0.2, 0) is 17.9 Å². The normalized spacial score (nSPS) is 11.2. The first-order chi connectivity index (χ1) is 5.09. The van der Waals surface area contributed by atoms with E-state index in [9.17, 15) is 0 Å². The van der Waals surface area contributed by atoms with Crippen LogP contribution in [0, 0.1) is 0 Å². The third-order valence-corrected chi connectivity index (χ3v) is 8.39. The van der Waals surface area contributed by atoms with E-state index in [1.54, 1.807) is 4.73 Å². The fourth-order valence-corrected chi connectivity index (χ4v) is 6.70. The maximum atomic E-state index is 2.42. The van der Waals surface area contributed by atoms with Gasteiger partial charge < -0.3 is 0 Å². The summed E-state index contributed by atoms with van der Waals surface area (Å²) >= 11 is -0.666. The summed E-state index contributed by atoms with van der Waals surface area (Å²) in [5, 5.41) is 0. The molecule has 1 heteroatoms. The predicted octanol–water partition coefficient (Wildman–Crippen LogP) is 4.48. The van der Waals surface area contributed by atoms with E-state index < -0.39 is 17.9 Å².